The van der Waals surface area contributed by atoms with Crippen molar-refractivity contribution >= 4 is 46.4 Å². The molecule has 0 amide bonds. The van der Waals surface area contributed by atoms with Gasteiger partial charge in [-0.3, -0.25) is 4.99 Å². The highest BCUT2D eigenvalue weighted by molar-refractivity contribution is 14.0. The Morgan fingerprint density at radius 2 is 1.93 bits per heavy atom. The summed E-state index contributed by atoms with van der Waals surface area (Å²) in [5, 5.41) is 3.10. The summed E-state index contributed by atoms with van der Waals surface area (Å²) in [4.78, 5) is 13.4. The number of thiazole rings is 1. The van der Waals surface area contributed by atoms with E-state index in [1.807, 2.05) is 37.6 Å². The van der Waals surface area contributed by atoms with Gasteiger partial charge < -0.3 is 20.3 Å². The van der Waals surface area contributed by atoms with Crippen LogP contribution in [0.3, 0.4) is 0 Å². The van der Waals surface area contributed by atoms with E-state index in [2.05, 4.69) is 31.9 Å². The number of aliphatic imine (C=N–C) groups is 1. The lowest BCUT2D eigenvalue weighted by Crippen LogP contribution is -2.51. The number of nitrogens with two attached hydrogens (primary N) is 1. The number of piperazine rings is 1. The van der Waals surface area contributed by atoms with Gasteiger partial charge in [0.15, 0.2) is 11.1 Å². The summed E-state index contributed by atoms with van der Waals surface area (Å²) in [6, 6.07) is 8.22. The van der Waals surface area contributed by atoms with E-state index in [1.165, 1.54) is 5.56 Å². The first-order valence-corrected chi connectivity index (χ1v) is 9.94. The molecule has 0 unspecified atom stereocenters. The van der Waals surface area contributed by atoms with Crippen LogP contribution in [0.25, 0.3) is 0 Å². The molecule has 8 heteroatoms. The second-order valence-corrected chi connectivity index (χ2v) is 7.46. The molecule has 2 N–H and O–H groups in total. The molecule has 3 rings (SSSR count). The normalized spacial score (nSPS) is 15.0. The van der Waals surface area contributed by atoms with Crippen LogP contribution < -0.4 is 15.4 Å². The van der Waals surface area contributed by atoms with Gasteiger partial charge in [-0.2, -0.15) is 0 Å². The van der Waals surface area contributed by atoms with E-state index in [4.69, 9.17) is 10.5 Å². The van der Waals surface area contributed by atoms with Gasteiger partial charge in [0.05, 0.1) is 6.10 Å². The fraction of sp³-hybridized carbons (Fsp3) is 0.474. The Labute approximate surface area is 182 Å². The predicted octanol–water partition coefficient (Wildman–Crippen LogP) is 3.23. The molecular weight excluding hydrogens is 473 g/mol. The summed E-state index contributed by atoms with van der Waals surface area (Å²) < 4.78 is 5.66. The van der Waals surface area contributed by atoms with Crippen LogP contribution in [-0.2, 0) is 6.42 Å². The monoisotopic (exact) mass is 501 g/mol. The summed E-state index contributed by atoms with van der Waals surface area (Å²) in [6.07, 6.45) is 2.92. The highest BCUT2D eigenvalue weighted by atomic mass is 127. The largest absolute Gasteiger partial charge is 0.491 e. The average Bonchev–Trinajstić information content (AvgIpc) is 3.17. The number of anilines is 1. The number of hydrogen-bond acceptors (Lipinski definition) is 5. The fourth-order valence-corrected chi connectivity index (χ4v) is 3.60. The van der Waals surface area contributed by atoms with Crippen LogP contribution in [-0.4, -0.2) is 54.7 Å². The molecule has 2 heterocycles. The summed E-state index contributed by atoms with van der Waals surface area (Å²) >= 11 is 1.68. The first-order chi connectivity index (χ1) is 12.6. The van der Waals surface area contributed by atoms with Crippen molar-refractivity contribution in [2.45, 2.75) is 26.4 Å². The molecule has 1 aromatic carbocycles. The van der Waals surface area contributed by atoms with Crippen LogP contribution >= 0.6 is 35.3 Å². The zero-order valence-electron chi connectivity index (χ0n) is 15.9. The van der Waals surface area contributed by atoms with Crippen molar-refractivity contribution in [1.82, 2.24) is 9.88 Å². The fourth-order valence-electron chi connectivity index (χ4n) is 2.91. The minimum absolute atomic E-state index is 0. The van der Waals surface area contributed by atoms with Crippen molar-refractivity contribution in [3.05, 3.63) is 41.4 Å². The molecule has 148 valence electrons. The van der Waals surface area contributed by atoms with Crippen molar-refractivity contribution in [2.75, 3.05) is 37.6 Å². The predicted molar refractivity (Wildman–Crippen MR) is 124 cm³/mol. The maximum Gasteiger partial charge on any atom is 0.191 e. The summed E-state index contributed by atoms with van der Waals surface area (Å²) in [5.74, 6) is 1.55. The zero-order chi connectivity index (χ0) is 18.4. The Bertz CT molecular complexity index is 697. The molecule has 0 atom stereocenters. The second kappa shape index (κ2) is 10.7. The second-order valence-electron chi connectivity index (χ2n) is 6.59. The molecule has 6 nitrogen and oxygen atoms in total. The molecule has 27 heavy (non-hydrogen) atoms. The molecule has 2 aromatic rings. The third-order valence-corrected chi connectivity index (χ3v) is 5.10. The van der Waals surface area contributed by atoms with Crippen molar-refractivity contribution < 1.29 is 4.74 Å². The number of benzene rings is 1. The van der Waals surface area contributed by atoms with Crippen molar-refractivity contribution in [3.8, 4) is 5.75 Å². The van der Waals surface area contributed by atoms with Crippen LogP contribution in [0.2, 0.25) is 0 Å². The standard InChI is InChI=1S/C19H27N5OS.HI/c1-15(2)25-17-5-3-16(4-6-17)7-8-21-18(20)23-10-12-24(13-11-23)19-22-9-14-26-19;/h3-6,9,14-15H,7-8,10-13H2,1-2H3,(H2,20,21);1H. The van der Waals surface area contributed by atoms with Gasteiger partial charge in [0.25, 0.3) is 0 Å². The summed E-state index contributed by atoms with van der Waals surface area (Å²) in [6.45, 7) is 8.39. The van der Waals surface area contributed by atoms with Crippen LogP contribution in [0.4, 0.5) is 5.13 Å². The first-order valence-electron chi connectivity index (χ1n) is 9.07. The van der Waals surface area contributed by atoms with Crippen molar-refractivity contribution in [1.29, 1.82) is 0 Å². The first kappa shape index (κ1) is 21.7. The Hall–Kier alpha value is -1.55. The molecule has 1 aliphatic heterocycles. The van der Waals surface area contributed by atoms with Gasteiger partial charge in [-0.25, -0.2) is 4.98 Å². The SMILES string of the molecule is CC(C)Oc1ccc(CCN=C(N)N2CCN(c3nccs3)CC2)cc1.I. The van der Waals surface area contributed by atoms with Gasteiger partial charge >= 0.3 is 0 Å². The number of rotatable bonds is 6. The van der Waals surface area contributed by atoms with Gasteiger partial charge in [0.2, 0.25) is 0 Å². The van der Waals surface area contributed by atoms with E-state index in [9.17, 15) is 0 Å². The Kier molecular flexibility index (Phi) is 8.62. The highest BCUT2D eigenvalue weighted by Crippen LogP contribution is 2.19. The van der Waals surface area contributed by atoms with E-state index >= 15 is 0 Å². The zero-order valence-corrected chi connectivity index (χ0v) is 19.0. The molecule has 1 saturated heterocycles. The van der Waals surface area contributed by atoms with Gasteiger partial charge in [-0.15, -0.1) is 35.3 Å². The molecule has 0 bridgehead atoms. The van der Waals surface area contributed by atoms with Crippen LogP contribution in [0.15, 0.2) is 40.8 Å². The molecule has 1 aliphatic rings. The van der Waals surface area contributed by atoms with E-state index < -0.39 is 0 Å². The number of halogens is 1. The lowest BCUT2D eigenvalue weighted by molar-refractivity contribution is 0.242. The molecule has 1 fully saturated rings. The van der Waals surface area contributed by atoms with E-state index in [1.54, 1.807) is 11.3 Å². The number of guanidine groups is 1. The third kappa shape index (κ3) is 6.53. The average molecular weight is 501 g/mol. The highest BCUT2D eigenvalue weighted by Gasteiger charge is 2.19. The van der Waals surface area contributed by atoms with Crippen molar-refractivity contribution in [3.63, 3.8) is 0 Å². The minimum Gasteiger partial charge on any atom is -0.491 e. The van der Waals surface area contributed by atoms with Gasteiger partial charge in [0, 0.05) is 44.3 Å². The minimum atomic E-state index is 0. The van der Waals surface area contributed by atoms with Gasteiger partial charge in [-0.1, -0.05) is 12.1 Å². The maximum absolute atomic E-state index is 6.18. The Morgan fingerprint density at radius 1 is 1.22 bits per heavy atom. The quantitative estimate of drug-likeness (QED) is 0.374. The molecule has 0 spiro atoms. The molecule has 0 saturated carbocycles. The van der Waals surface area contributed by atoms with E-state index in [-0.39, 0.29) is 30.1 Å². The summed E-state index contributed by atoms with van der Waals surface area (Å²) in [5.41, 5.74) is 7.42. The molecule has 0 radical (unpaired) electrons. The van der Waals surface area contributed by atoms with Crippen LogP contribution in [0.5, 0.6) is 5.75 Å². The van der Waals surface area contributed by atoms with Gasteiger partial charge in [0.1, 0.15) is 5.75 Å². The molecule has 1 aromatic heterocycles. The topological polar surface area (TPSA) is 67.0 Å². The number of ether oxygens (including phenoxy) is 1. The van der Waals surface area contributed by atoms with Crippen LogP contribution in [0, 0.1) is 0 Å². The third-order valence-electron chi connectivity index (χ3n) is 4.26. The lowest BCUT2D eigenvalue weighted by atomic mass is 10.1. The number of nitrogens with zero attached hydrogens (tertiary/aromatic N) is 4. The van der Waals surface area contributed by atoms with Crippen molar-refractivity contribution in [2.24, 2.45) is 10.7 Å². The number of hydrogen-bond donors (Lipinski definition) is 1. The number of aromatic nitrogens is 1. The Balaban J connectivity index is 0.00000261. The van der Waals surface area contributed by atoms with E-state index in [0.717, 1.165) is 43.5 Å². The smallest absolute Gasteiger partial charge is 0.191 e. The van der Waals surface area contributed by atoms with E-state index in [0.29, 0.717) is 12.5 Å². The van der Waals surface area contributed by atoms with Gasteiger partial charge in [-0.05, 0) is 38.0 Å². The Morgan fingerprint density at radius 3 is 2.52 bits per heavy atom. The summed E-state index contributed by atoms with van der Waals surface area (Å²) in [7, 11) is 0. The molecule has 0 aliphatic carbocycles. The van der Waals surface area contributed by atoms with Crippen LogP contribution in [0.1, 0.15) is 19.4 Å². The molecular formula is C19H28IN5OS. The lowest BCUT2D eigenvalue weighted by Gasteiger charge is -2.35. The maximum atomic E-state index is 6.18.